The van der Waals surface area contributed by atoms with Crippen LogP contribution < -0.4 is 10.6 Å². The Morgan fingerprint density at radius 1 is 1.75 bits per heavy atom. The van der Waals surface area contributed by atoms with Crippen LogP contribution in [0.1, 0.15) is 19.8 Å². The lowest BCUT2D eigenvalue weighted by Gasteiger charge is -2.27. The summed E-state index contributed by atoms with van der Waals surface area (Å²) in [4.78, 5) is 10.3. The van der Waals surface area contributed by atoms with Gasteiger partial charge in [0.2, 0.25) is 0 Å². The molecular formula is C8H16N2O2. The maximum atomic E-state index is 10.3. The van der Waals surface area contributed by atoms with Gasteiger partial charge in [0.25, 0.3) is 0 Å². The second-order valence-corrected chi connectivity index (χ2v) is 3.34. The normalized spacial score (nSPS) is 26.2. The van der Waals surface area contributed by atoms with Gasteiger partial charge in [-0.25, -0.2) is 4.79 Å². The van der Waals surface area contributed by atoms with Crippen molar-refractivity contribution in [1.29, 1.82) is 0 Å². The maximum Gasteiger partial charge on any atom is 0.404 e. The molecule has 1 saturated heterocycles. The molecule has 4 nitrogen and oxygen atoms in total. The van der Waals surface area contributed by atoms with Crippen molar-refractivity contribution < 1.29 is 9.90 Å². The van der Waals surface area contributed by atoms with Gasteiger partial charge in [0.15, 0.2) is 0 Å². The molecule has 1 aliphatic heterocycles. The standard InChI is InChI=1S/C8H16N2O2/c1-6(10-8(11)12)7-3-2-4-9-5-7/h6-7,9-10H,2-5H2,1H3,(H,11,12). The van der Waals surface area contributed by atoms with Gasteiger partial charge in [-0.1, -0.05) is 0 Å². The number of nitrogens with one attached hydrogen (secondary N) is 2. The van der Waals surface area contributed by atoms with Crippen molar-refractivity contribution in [2.75, 3.05) is 13.1 Å². The van der Waals surface area contributed by atoms with E-state index < -0.39 is 6.09 Å². The Morgan fingerprint density at radius 2 is 2.50 bits per heavy atom. The van der Waals surface area contributed by atoms with Gasteiger partial charge in [-0.05, 0) is 38.8 Å². The predicted octanol–water partition coefficient (Wildman–Crippen LogP) is 0.642. The smallest absolute Gasteiger partial charge is 0.404 e. The van der Waals surface area contributed by atoms with Crippen molar-refractivity contribution in [3.8, 4) is 0 Å². The number of rotatable bonds is 2. The molecule has 12 heavy (non-hydrogen) atoms. The molecule has 3 N–H and O–H groups in total. The van der Waals surface area contributed by atoms with Gasteiger partial charge in [0.05, 0.1) is 0 Å². The molecule has 0 saturated carbocycles. The van der Waals surface area contributed by atoms with E-state index in [1.165, 1.54) is 0 Å². The van der Waals surface area contributed by atoms with Crippen LogP contribution in [0.4, 0.5) is 4.79 Å². The van der Waals surface area contributed by atoms with Crippen LogP contribution in [0.5, 0.6) is 0 Å². The van der Waals surface area contributed by atoms with Crippen molar-refractivity contribution >= 4 is 6.09 Å². The Hall–Kier alpha value is -0.770. The van der Waals surface area contributed by atoms with Crippen molar-refractivity contribution in [3.05, 3.63) is 0 Å². The van der Waals surface area contributed by atoms with E-state index in [1.54, 1.807) is 0 Å². The Kier molecular flexibility index (Phi) is 3.34. The molecule has 1 heterocycles. The zero-order valence-electron chi connectivity index (χ0n) is 7.34. The summed E-state index contributed by atoms with van der Waals surface area (Å²) < 4.78 is 0. The highest BCUT2D eigenvalue weighted by Gasteiger charge is 2.20. The molecule has 0 aromatic rings. The van der Waals surface area contributed by atoms with E-state index in [9.17, 15) is 4.79 Å². The van der Waals surface area contributed by atoms with E-state index in [1.807, 2.05) is 6.92 Å². The van der Waals surface area contributed by atoms with Gasteiger partial charge in [0, 0.05) is 6.04 Å². The molecule has 2 atom stereocenters. The minimum atomic E-state index is -0.923. The van der Waals surface area contributed by atoms with E-state index in [-0.39, 0.29) is 6.04 Å². The highest BCUT2D eigenvalue weighted by Crippen LogP contribution is 2.13. The third-order valence-corrected chi connectivity index (χ3v) is 2.39. The number of carboxylic acid groups (broad SMARTS) is 1. The molecule has 0 aliphatic carbocycles. The van der Waals surface area contributed by atoms with E-state index >= 15 is 0 Å². The molecular weight excluding hydrogens is 156 g/mol. The maximum absolute atomic E-state index is 10.3. The van der Waals surface area contributed by atoms with Gasteiger partial charge in [0.1, 0.15) is 0 Å². The summed E-state index contributed by atoms with van der Waals surface area (Å²) in [5.74, 6) is 0.454. The Bertz CT molecular complexity index is 155. The fourth-order valence-corrected chi connectivity index (χ4v) is 1.62. The minimum absolute atomic E-state index is 0.0651. The molecule has 1 amide bonds. The summed E-state index contributed by atoms with van der Waals surface area (Å²) >= 11 is 0. The third-order valence-electron chi connectivity index (χ3n) is 2.39. The summed E-state index contributed by atoms with van der Waals surface area (Å²) in [6.45, 7) is 3.92. The third kappa shape index (κ3) is 2.70. The van der Waals surface area contributed by atoms with Crippen molar-refractivity contribution in [1.82, 2.24) is 10.6 Å². The Labute approximate surface area is 72.3 Å². The van der Waals surface area contributed by atoms with E-state index in [2.05, 4.69) is 10.6 Å². The molecule has 70 valence electrons. The summed E-state index contributed by atoms with van der Waals surface area (Å²) in [7, 11) is 0. The first-order chi connectivity index (χ1) is 5.70. The Morgan fingerprint density at radius 3 is 3.00 bits per heavy atom. The monoisotopic (exact) mass is 172 g/mol. The quantitative estimate of drug-likeness (QED) is 0.573. The van der Waals surface area contributed by atoms with Crippen LogP contribution in [0.2, 0.25) is 0 Å². The lowest BCUT2D eigenvalue weighted by Crippen LogP contribution is -2.44. The van der Waals surface area contributed by atoms with Crippen molar-refractivity contribution in [3.63, 3.8) is 0 Å². The van der Waals surface area contributed by atoms with Crippen LogP contribution in [0.25, 0.3) is 0 Å². The molecule has 1 fully saturated rings. The minimum Gasteiger partial charge on any atom is -0.465 e. The van der Waals surface area contributed by atoms with Gasteiger partial charge in [-0.3, -0.25) is 0 Å². The summed E-state index contributed by atoms with van der Waals surface area (Å²) in [5, 5.41) is 14.2. The average Bonchev–Trinajstić information content (AvgIpc) is 2.05. The van der Waals surface area contributed by atoms with E-state index in [4.69, 9.17) is 5.11 Å². The highest BCUT2D eigenvalue weighted by atomic mass is 16.4. The molecule has 0 radical (unpaired) electrons. The summed E-state index contributed by atoms with van der Waals surface area (Å²) in [6, 6.07) is 0.0651. The SMILES string of the molecule is CC(NC(=O)O)C1CCCNC1. The molecule has 0 aromatic heterocycles. The topological polar surface area (TPSA) is 61.4 Å². The first-order valence-corrected chi connectivity index (χ1v) is 4.40. The van der Waals surface area contributed by atoms with Crippen LogP contribution in [0, 0.1) is 5.92 Å². The number of amides is 1. The predicted molar refractivity (Wildman–Crippen MR) is 46.2 cm³/mol. The highest BCUT2D eigenvalue weighted by molar-refractivity contribution is 5.64. The molecule has 0 aromatic carbocycles. The second kappa shape index (κ2) is 4.30. The lowest BCUT2D eigenvalue weighted by atomic mass is 9.93. The molecule has 0 bridgehead atoms. The van der Waals surface area contributed by atoms with E-state index in [0.717, 1.165) is 25.9 Å². The van der Waals surface area contributed by atoms with Crippen molar-refractivity contribution in [2.24, 2.45) is 5.92 Å². The second-order valence-electron chi connectivity index (χ2n) is 3.34. The van der Waals surface area contributed by atoms with Crippen LogP contribution in [0.15, 0.2) is 0 Å². The molecule has 2 unspecified atom stereocenters. The number of hydrogen-bond acceptors (Lipinski definition) is 2. The van der Waals surface area contributed by atoms with Gasteiger partial charge in [-0.15, -0.1) is 0 Å². The van der Waals surface area contributed by atoms with Crippen LogP contribution >= 0.6 is 0 Å². The van der Waals surface area contributed by atoms with Gasteiger partial charge in [-0.2, -0.15) is 0 Å². The zero-order valence-corrected chi connectivity index (χ0v) is 7.34. The number of carbonyl (C=O) groups is 1. The fraction of sp³-hybridized carbons (Fsp3) is 0.875. The first kappa shape index (κ1) is 9.32. The van der Waals surface area contributed by atoms with Crippen LogP contribution in [-0.2, 0) is 0 Å². The van der Waals surface area contributed by atoms with Crippen LogP contribution in [-0.4, -0.2) is 30.3 Å². The average molecular weight is 172 g/mol. The molecule has 4 heteroatoms. The summed E-state index contributed by atoms with van der Waals surface area (Å²) in [6.07, 6.45) is 1.35. The molecule has 0 spiro atoms. The van der Waals surface area contributed by atoms with Gasteiger partial charge >= 0.3 is 6.09 Å². The van der Waals surface area contributed by atoms with Gasteiger partial charge < -0.3 is 15.7 Å². The summed E-state index contributed by atoms with van der Waals surface area (Å²) in [5.41, 5.74) is 0. The Balaban J connectivity index is 2.29. The molecule has 1 rings (SSSR count). The van der Waals surface area contributed by atoms with Crippen molar-refractivity contribution in [2.45, 2.75) is 25.8 Å². The number of hydrogen-bond donors (Lipinski definition) is 3. The first-order valence-electron chi connectivity index (χ1n) is 4.40. The fourth-order valence-electron chi connectivity index (χ4n) is 1.62. The van der Waals surface area contributed by atoms with E-state index in [0.29, 0.717) is 5.92 Å². The van der Waals surface area contributed by atoms with Crippen LogP contribution in [0.3, 0.4) is 0 Å². The lowest BCUT2D eigenvalue weighted by molar-refractivity contribution is 0.182. The molecule has 1 aliphatic rings. The largest absolute Gasteiger partial charge is 0.465 e. The number of piperidine rings is 1. The zero-order chi connectivity index (χ0) is 8.97.